The maximum atomic E-state index is 13.5. The third kappa shape index (κ3) is 5.10. The largest absolute Gasteiger partial charge is 0.315 e. The zero-order chi connectivity index (χ0) is 17.0. The average molecular weight is 384 g/mol. The number of piperidine rings is 1. The van der Waals surface area contributed by atoms with Gasteiger partial charge >= 0.3 is 0 Å². The van der Waals surface area contributed by atoms with Crippen molar-refractivity contribution < 1.29 is 17.2 Å². The monoisotopic (exact) mass is 383 g/mol. The van der Waals surface area contributed by atoms with Gasteiger partial charge in [0.05, 0.1) is 0 Å². The van der Waals surface area contributed by atoms with Crippen molar-refractivity contribution in [3.8, 4) is 0 Å². The van der Waals surface area contributed by atoms with Crippen LogP contribution in [0, 0.1) is 11.6 Å². The third-order valence-electron chi connectivity index (χ3n) is 4.10. The molecule has 2 N–H and O–H groups in total. The molecule has 1 fully saturated rings. The van der Waals surface area contributed by atoms with Gasteiger partial charge in [0.1, 0.15) is 0 Å². The summed E-state index contributed by atoms with van der Waals surface area (Å²) in [6.07, 6.45) is 1.36. The van der Waals surface area contributed by atoms with Gasteiger partial charge in [-0.15, -0.1) is 12.4 Å². The van der Waals surface area contributed by atoms with Gasteiger partial charge in [-0.3, -0.25) is 0 Å². The number of halogens is 3. The predicted molar refractivity (Wildman–Crippen MR) is 92.6 cm³/mol. The fraction of sp³-hybridized carbons (Fsp3) is 0.600. The zero-order valence-electron chi connectivity index (χ0n) is 13.8. The molecule has 0 saturated carbocycles. The lowest BCUT2D eigenvalue weighted by atomic mass is 9.86. The maximum absolute atomic E-state index is 13.5. The number of nitrogens with one attached hydrogen (secondary N) is 2. The quantitative estimate of drug-likeness (QED) is 0.790. The van der Waals surface area contributed by atoms with Crippen LogP contribution in [0.15, 0.2) is 18.2 Å². The molecule has 0 aromatic heterocycles. The third-order valence-corrected chi connectivity index (χ3v) is 5.71. The first-order chi connectivity index (χ1) is 10.8. The van der Waals surface area contributed by atoms with E-state index in [1.165, 1.54) is 17.4 Å². The highest BCUT2D eigenvalue weighted by atomic mass is 35.5. The van der Waals surface area contributed by atoms with Crippen LogP contribution in [-0.4, -0.2) is 45.4 Å². The normalized spacial score (nSPS) is 21.5. The van der Waals surface area contributed by atoms with Gasteiger partial charge in [0.2, 0.25) is 0 Å². The first-order valence-electron chi connectivity index (χ1n) is 7.74. The Labute approximate surface area is 148 Å². The van der Waals surface area contributed by atoms with Crippen LogP contribution in [-0.2, 0) is 10.2 Å². The Morgan fingerprint density at radius 2 is 2.04 bits per heavy atom. The summed E-state index contributed by atoms with van der Waals surface area (Å²) in [5.41, 5.74) is 0.608. The zero-order valence-corrected chi connectivity index (χ0v) is 15.4. The molecule has 1 saturated heterocycles. The van der Waals surface area contributed by atoms with E-state index < -0.39 is 27.9 Å². The van der Waals surface area contributed by atoms with Crippen molar-refractivity contribution in [3.05, 3.63) is 35.4 Å². The summed E-state index contributed by atoms with van der Waals surface area (Å²) < 4.78 is 55.2. The molecule has 0 spiro atoms. The second-order valence-electron chi connectivity index (χ2n) is 5.82. The number of hydrogen-bond acceptors (Lipinski definition) is 3. The van der Waals surface area contributed by atoms with E-state index >= 15 is 0 Å². The van der Waals surface area contributed by atoms with Crippen LogP contribution in [0.2, 0.25) is 0 Å². The van der Waals surface area contributed by atoms with E-state index in [0.717, 1.165) is 12.1 Å². The standard InChI is InChI=1S/C15H23F2N3O2S.ClH/c1-3-8-20(2)23(21,22)19-15-10-18-7-6-12(15)11-4-5-13(16)14(17)9-11;/h4-5,9,12,15,18-19H,3,6-8,10H2,1-2H3;1H. The molecule has 2 atom stereocenters. The average Bonchev–Trinajstić information content (AvgIpc) is 2.50. The van der Waals surface area contributed by atoms with Gasteiger partial charge in [0.15, 0.2) is 11.6 Å². The number of nitrogens with zero attached hydrogens (tertiary/aromatic N) is 1. The van der Waals surface area contributed by atoms with Gasteiger partial charge < -0.3 is 5.32 Å². The van der Waals surface area contributed by atoms with E-state index in [0.29, 0.717) is 38.0 Å². The molecule has 138 valence electrons. The van der Waals surface area contributed by atoms with Crippen molar-refractivity contribution in [2.75, 3.05) is 26.7 Å². The van der Waals surface area contributed by atoms with Crippen LogP contribution >= 0.6 is 12.4 Å². The topological polar surface area (TPSA) is 61.4 Å². The summed E-state index contributed by atoms with van der Waals surface area (Å²) >= 11 is 0. The summed E-state index contributed by atoms with van der Waals surface area (Å²) in [6, 6.07) is 3.35. The summed E-state index contributed by atoms with van der Waals surface area (Å²) in [4.78, 5) is 0. The van der Waals surface area contributed by atoms with Crippen molar-refractivity contribution in [3.63, 3.8) is 0 Å². The van der Waals surface area contributed by atoms with Gasteiger partial charge in [0.25, 0.3) is 10.2 Å². The van der Waals surface area contributed by atoms with Gasteiger partial charge in [-0.2, -0.15) is 17.4 Å². The van der Waals surface area contributed by atoms with E-state index in [1.54, 1.807) is 0 Å². The van der Waals surface area contributed by atoms with E-state index in [2.05, 4.69) is 10.0 Å². The van der Waals surface area contributed by atoms with Crippen LogP contribution in [0.3, 0.4) is 0 Å². The number of rotatable bonds is 6. The molecule has 1 aliphatic heterocycles. The SMILES string of the molecule is CCCN(C)S(=O)(=O)NC1CNCCC1c1ccc(F)c(F)c1.Cl. The molecule has 1 aromatic carbocycles. The second kappa shape index (κ2) is 9.05. The molecule has 5 nitrogen and oxygen atoms in total. The first-order valence-corrected chi connectivity index (χ1v) is 9.18. The maximum Gasteiger partial charge on any atom is 0.279 e. The molecule has 9 heteroatoms. The summed E-state index contributed by atoms with van der Waals surface area (Å²) in [5.74, 6) is -2.01. The van der Waals surface area contributed by atoms with Crippen LogP contribution in [0.1, 0.15) is 31.2 Å². The van der Waals surface area contributed by atoms with Crippen LogP contribution < -0.4 is 10.0 Å². The van der Waals surface area contributed by atoms with Crippen LogP contribution in [0.5, 0.6) is 0 Å². The Balaban J connectivity index is 0.00000288. The van der Waals surface area contributed by atoms with Crippen molar-refractivity contribution in [2.45, 2.75) is 31.7 Å². The first kappa shape index (κ1) is 21.2. The van der Waals surface area contributed by atoms with Gasteiger partial charge in [-0.1, -0.05) is 13.0 Å². The van der Waals surface area contributed by atoms with E-state index in [1.807, 2.05) is 6.92 Å². The van der Waals surface area contributed by atoms with E-state index in [4.69, 9.17) is 0 Å². The van der Waals surface area contributed by atoms with Gasteiger partial charge in [-0.05, 0) is 37.1 Å². The molecule has 2 unspecified atom stereocenters. The van der Waals surface area contributed by atoms with Gasteiger partial charge in [0, 0.05) is 32.1 Å². The molecule has 0 amide bonds. The smallest absolute Gasteiger partial charge is 0.279 e. The lowest BCUT2D eigenvalue weighted by Crippen LogP contribution is -2.53. The van der Waals surface area contributed by atoms with Crippen molar-refractivity contribution in [1.29, 1.82) is 0 Å². The molecule has 24 heavy (non-hydrogen) atoms. The fourth-order valence-corrected chi connectivity index (χ4v) is 4.07. The Morgan fingerprint density at radius 1 is 1.33 bits per heavy atom. The highest BCUT2D eigenvalue weighted by Crippen LogP contribution is 2.27. The minimum absolute atomic E-state index is 0. The van der Waals surface area contributed by atoms with E-state index in [-0.39, 0.29) is 18.3 Å². The molecule has 2 rings (SSSR count). The van der Waals surface area contributed by atoms with E-state index in [9.17, 15) is 17.2 Å². The van der Waals surface area contributed by atoms with Crippen LogP contribution in [0.4, 0.5) is 8.78 Å². The Bertz CT molecular complexity index is 646. The highest BCUT2D eigenvalue weighted by molar-refractivity contribution is 7.87. The Morgan fingerprint density at radius 3 is 2.67 bits per heavy atom. The van der Waals surface area contributed by atoms with Crippen LogP contribution in [0.25, 0.3) is 0 Å². The second-order valence-corrected chi connectivity index (χ2v) is 7.63. The molecule has 0 radical (unpaired) electrons. The van der Waals surface area contributed by atoms with Crippen molar-refractivity contribution in [1.82, 2.24) is 14.3 Å². The lowest BCUT2D eigenvalue weighted by molar-refractivity contribution is 0.363. The molecule has 0 bridgehead atoms. The molecule has 1 aromatic rings. The number of hydrogen-bond donors (Lipinski definition) is 2. The summed E-state index contributed by atoms with van der Waals surface area (Å²) in [7, 11) is -2.08. The minimum Gasteiger partial charge on any atom is -0.315 e. The Kier molecular flexibility index (Phi) is 8.01. The fourth-order valence-electron chi connectivity index (χ4n) is 2.84. The molecule has 0 aliphatic carbocycles. The summed E-state index contributed by atoms with van der Waals surface area (Å²) in [5, 5.41) is 3.14. The Hall–Kier alpha value is -0.800. The minimum atomic E-state index is -3.61. The molecule has 1 aliphatic rings. The van der Waals surface area contributed by atoms with Crippen molar-refractivity contribution in [2.24, 2.45) is 0 Å². The predicted octanol–water partition coefficient (Wildman–Crippen LogP) is 2.01. The number of benzene rings is 1. The molecular formula is C15H24ClF2N3O2S. The lowest BCUT2D eigenvalue weighted by Gasteiger charge is -2.34. The highest BCUT2D eigenvalue weighted by Gasteiger charge is 2.31. The van der Waals surface area contributed by atoms with Crippen molar-refractivity contribution >= 4 is 22.6 Å². The molecule has 1 heterocycles. The summed E-state index contributed by atoms with van der Waals surface area (Å²) in [6.45, 7) is 3.47. The van der Waals surface area contributed by atoms with Gasteiger partial charge in [-0.25, -0.2) is 8.78 Å². The molecular weight excluding hydrogens is 360 g/mol.